The van der Waals surface area contributed by atoms with Crippen molar-refractivity contribution in [3.63, 3.8) is 0 Å². The number of sulfone groups is 1. The van der Waals surface area contributed by atoms with Gasteiger partial charge in [0.2, 0.25) is 0 Å². The highest BCUT2D eigenvalue weighted by Gasteiger charge is 2.17. The highest BCUT2D eigenvalue weighted by atomic mass is 32.2. The van der Waals surface area contributed by atoms with Gasteiger partial charge in [-0.25, -0.2) is 8.42 Å². The highest BCUT2D eigenvalue weighted by molar-refractivity contribution is 7.90. The Morgan fingerprint density at radius 3 is 2.95 bits per heavy atom. The third kappa shape index (κ3) is 4.19. The fraction of sp³-hybridized carbons (Fsp3) is 0.571. The zero-order valence-corrected chi connectivity index (χ0v) is 12.8. The molecule has 1 atom stereocenters. The summed E-state index contributed by atoms with van der Waals surface area (Å²) in [4.78, 5) is 2.67. The van der Waals surface area contributed by atoms with Gasteiger partial charge in [-0.05, 0) is 25.1 Å². The van der Waals surface area contributed by atoms with Crippen molar-refractivity contribution < 1.29 is 13.2 Å². The second-order valence-electron chi connectivity index (χ2n) is 5.18. The van der Waals surface area contributed by atoms with Crippen LogP contribution in [0.5, 0.6) is 5.75 Å². The summed E-state index contributed by atoms with van der Waals surface area (Å²) in [6, 6.07) is 7.17. The van der Waals surface area contributed by atoms with Crippen molar-refractivity contribution in [1.29, 1.82) is 0 Å². The maximum atomic E-state index is 11.5. The second-order valence-corrected chi connectivity index (χ2v) is 7.20. The van der Waals surface area contributed by atoms with E-state index in [4.69, 9.17) is 4.74 Å². The lowest BCUT2D eigenvalue weighted by Crippen LogP contribution is -2.50. The molecule has 0 saturated carbocycles. The van der Waals surface area contributed by atoms with Crippen LogP contribution in [0.25, 0.3) is 0 Å². The first-order valence-corrected chi connectivity index (χ1v) is 8.73. The lowest BCUT2D eigenvalue weighted by atomic mass is 10.2. The molecule has 1 saturated heterocycles. The SMILES string of the molecule is C[C@@H]1CNCCN1CCOc1cccc(S(C)(=O)=O)c1. The smallest absolute Gasteiger partial charge is 0.175 e. The maximum absolute atomic E-state index is 11.5. The molecule has 6 heteroatoms. The van der Waals surface area contributed by atoms with Crippen LogP contribution in [0.4, 0.5) is 0 Å². The zero-order chi connectivity index (χ0) is 14.6. The Morgan fingerprint density at radius 2 is 2.25 bits per heavy atom. The van der Waals surface area contributed by atoms with E-state index in [2.05, 4.69) is 17.1 Å². The number of nitrogens with zero attached hydrogens (tertiary/aromatic N) is 1. The molecule has 1 heterocycles. The van der Waals surface area contributed by atoms with E-state index in [0.29, 0.717) is 23.3 Å². The maximum Gasteiger partial charge on any atom is 0.175 e. The van der Waals surface area contributed by atoms with Gasteiger partial charge in [0, 0.05) is 38.5 Å². The van der Waals surface area contributed by atoms with E-state index in [0.717, 1.165) is 26.2 Å². The van der Waals surface area contributed by atoms with Crippen LogP contribution in [0.1, 0.15) is 6.92 Å². The average Bonchev–Trinajstić information content (AvgIpc) is 2.40. The third-order valence-corrected chi connectivity index (χ3v) is 4.63. The summed E-state index contributed by atoms with van der Waals surface area (Å²) < 4.78 is 28.6. The van der Waals surface area contributed by atoms with E-state index in [-0.39, 0.29) is 0 Å². The molecule has 0 aromatic heterocycles. The molecular formula is C14H22N2O3S. The first-order chi connectivity index (χ1) is 9.47. The lowest BCUT2D eigenvalue weighted by Gasteiger charge is -2.33. The lowest BCUT2D eigenvalue weighted by molar-refractivity contribution is 0.143. The Labute approximate surface area is 120 Å². The van der Waals surface area contributed by atoms with Crippen LogP contribution in [-0.2, 0) is 9.84 Å². The van der Waals surface area contributed by atoms with Crippen molar-refractivity contribution >= 4 is 9.84 Å². The van der Waals surface area contributed by atoms with Crippen LogP contribution < -0.4 is 10.1 Å². The van der Waals surface area contributed by atoms with Crippen molar-refractivity contribution in [2.45, 2.75) is 17.9 Å². The van der Waals surface area contributed by atoms with Crippen LogP contribution in [0.3, 0.4) is 0 Å². The van der Waals surface area contributed by atoms with Gasteiger partial charge >= 0.3 is 0 Å². The topological polar surface area (TPSA) is 58.6 Å². The number of nitrogens with one attached hydrogen (secondary N) is 1. The molecule has 0 amide bonds. The van der Waals surface area contributed by atoms with Crippen LogP contribution in [0, 0.1) is 0 Å². The number of rotatable bonds is 5. The summed E-state index contributed by atoms with van der Waals surface area (Å²) in [6.07, 6.45) is 1.20. The Bertz CT molecular complexity index is 545. The largest absolute Gasteiger partial charge is 0.492 e. The minimum absolute atomic E-state index is 0.297. The normalized spacial score (nSPS) is 20.8. The highest BCUT2D eigenvalue weighted by Crippen LogP contribution is 2.17. The number of hydrogen-bond acceptors (Lipinski definition) is 5. The first kappa shape index (κ1) is 15.3. The van der Waals surface area contributed by atoms with E-state index in [1.807, 2.05) is 0 Å². The van der Waals surface area contributed by atoms with E-state index < -0.39 is 9.84 Å². The fourth-order valence-corrected chi connectivity index (χ4v) is 2.95. The number of hydrogen-bond donors (Lipinski definition) is 1. The van der Waals surface area contributed by atoms with E-state index in [1.165, 1.54) is 6.26 Å². The number of ether oxygens (including phenoxy) is 1. The van der Waals surface area contributed by atoms with Gasteiger partial charge in [0.1, 0.15) is 12.4 Å². The predicted octanol–water partition coefficient (Wildman–Crippen LogP) is 0.763. The third-order valence-electron chi connectivity index (χ3n) is 3.52. The second kappa shape index (κ2) is 6.56. The molecule has 1 aliphatic rings. The summed E-state index contributed by atoms with van der Waals surface area (Å²) in [5, 5.41) is 3.35. The number of benzene rings is 1. The van der Waals surface area contributed by atoms with Gasteiger partial charge in [0.25, 0.3) is 0 Å². The van der Waals surface area contributed by atoms with Crippen molar-refractivity contribution in [2.75, 3.05) is 39.0 Å². The number of piperazine rings is 1. The summed E-state index contributed by atoms with van der Waals surface area (Å²) in [6.45, 7) is 6.64. The Morgan fingerprint density at radius 1 is 1.45 bits per heavy atom. The molecule has 1 aliphatic heterocycles. The van der Waals surface area contributed by atoms with Crippen LogP contribution in [-0.4, -0.2) is 58.4 Å². The van der Waals surface area contributed by atoms with Crippen LogP contribution in [0.15, 0.2) is 29.2 Å². The van der Waals surface area contributed by atoms with Gasteiger partial charge in [0.05, 0.1) is 4.90 Å². The Balaban J connectivity index is 1.88. The van der Waals surface area contributed by atoms with Gasteiger partial charge < -0.3 is 10.1 Å². The molecule has 0 radical (unpaired) electrons. The van der Waals surface area contributed by atoms with E-state index >= 15 is 0 Å². The summed E-state index contributed by atoms with van der Waals surface area (Å²) in [5.41, 5.74) is 0. The minimum atomic E-state index is -3.18. The summed E-state index contributed by atoms with van der Waals surface area (Å²) in [7, 11) is -3.18. The molecule has 1 N–H and O–H groups in total. The molecule has 20 heavy (non-hydrogen) atoms. The van der Waals surface area contributed by atoms with Gasteiger partial charge in [-0.3, -0.25) is 4.90 Å². The van der Waals surface area contributed by atoms with Crippen LogP contribution in [0.2, 0.25) is 0 Å². The zero-order valence-electron chi connectivity index (χ0n) is 12.0. The molecule has 2 rings (SSSR count). The van der Waals surface area contributed by atoms with Crippen molar-refractivity contribution in [1.82, 2.24) is 10.2 Å². The predicted molar refractivity (Wildman–Crippen MR) is 79.0 cm³/mol. The van der Waals surface area contributed by atoms with E-state index in [1.54, 1.807) is 24.3 Å². The molecule has 1 fully saturated rings. The van der Waals surface area contributed by atoms with Gasteiger partial charge in [-0.2, -0.15) is 0 Å². The van der Waals surface area contributed by atoms with Gasteiger partial charge in [-0.1, -0.05) is 6.07 Å². The van der Waals surface area contributed by atoms with Crippen molar-refractivity contribution in [3.05, 3.63) is 24.3 Å². The standard InChI is InChI=1S/C14H22N2O3S/c1-12-11-15-6-7-16(12)8-9-19-13-4-3-5-14(10-13)20(2,17)18/h3-5,10,12,15H,6-9,11H2,1-2H3/t12-/m1/s1. The average molecular weight is 298 g/mol. The summed E-state index contributed by atoms with van der Waals surface area (Å²) in [5.74, 6) is 0.607. The molecular weight excluding hydrogens is 276 g/mol. The Kier molecular flexibility index (Phi) is 5.01. The van der Waals surface area contributed by atoms with Crippen LogP contribution >= 0.6 is 0 Å². The minimum Gasteiger partial charge on any atom is -0.492 e. The molecule has 0 bridgehead atoms. The molecule has 0 aliphatic carbocycles. The molecule has 1 aromatic rings. The first-order valence-electron chi connectivity index (χ1n) is 6.84. The van der Waals surface area contributed by atoms with Gasteiger partial charge in [-0.15, -0.1) is 0 Å². The van der Waals surface area contributed by atoms with Gasteiger partial charge in [0.15, 0.2) is 9.84 Å². The molecule has 0 spiro atoms. The van der Waals surface area contributed by atoms with E-state index in [9.17, 15) is 8.42 Å². The van der Waals surface area contributed by atoms with Crippen molar-refractivity contribution in [2.24, 2.45) is 0 Å². The quantitative estimate of drug-likeness (QED) is 0.870. The fourth-order valence-electron chi connectivity index (χ4n) is 2.29. The Hall–Kier alpha value is -1.11. The molecule has 0 unspecified atom stereocenters. The molecule has 5 nitrogen and oxygen atoms in total. The van der Waals surface area contributed by atoms with Crippen molar-refractivity contribution in [3.8, 4) is 5.75 Å². The monoisotopic (exact) mass is 298 g/mol. The molecule has 112 valence electrons. The summed E-state index contributed by atoms with van der Waals surface area (Å²) >= 11 is 0. The molecule has 1 aromatic carbocycles.